The second-order valence-electron chi connectivity index (χ2n) is 4.39. The van der Waals surface area contributed by atoms with Gasteiger partial charge in [-0.15, -0.1) is 0 Å². The van der Waals surface area contributed by atoms with E-state index in [1.807, 2.05) is 12.1 Å². The first-order valence-electron chi connectivity index (χ1n) is 6.27. The van der Waals surface area contributed by atoms with E-state index >= 15 is 0 Å². The number of methoxy groups -OCH3 is 1. The Bertz CT molecular complexity index is 685. The Morgan fingerprint density at radius 2 is 2.18 bits per heavy atom. The summed E-state index contributed by atoms with van der Waals surface area (Å²) in [5.74, 6) is -0.358. The first-order chi connectivity index (χ1) is 10.5. The van der Waals surface area contributed by atoms with Gasteiger partial charge < -0.3 is 14.8 Å². The van der Waals surface area contributed by atoms with Gasteiger partial charge in [0.15, 0.2) is 5.13 Å². The number of likely N-dealkylation sites (N-methyl/N-ethyl adjacent to an activating group) is 1. The summed E-state index contributed by atoms with van der Waals surface area (Å²) < 4.78 is 4.64. The lowest BCUT2D eigenvalue weighted by Crippen LogP contribution is -2.26. The van der Waals surface area contributed by atoms with Crippen LogP contribution in [0.5, 0.6) is 0 Å². The predicted molar refractivity (Wildman–Crippen MR) is 87.2 cm³/mol. The predicted octanol–water partition coefficient (Wildman–Crippen LogP) is 2.88. The summed E-state index contributed by atoms with van der Waals surface area (Å²) in [7, 11) is 3.07. The van der Waals surface area contributed by atoms with Crippen molar-refractivity contribution in [3.05, 3.63) is 34.2 Å². The molecule has 0 saturated heterocycles. The quantitative estimate of drug-likeness (QED) is 0.392. The molecule has 0 bridgehead atoms. The number of benzene rings is 1. The number of halogens is 1. The van der Waals surface area contributed by atoms with Crippen LogP contribution >= 0.6 is 22.9 Å². The number of thiazole rings is 1. The molecule has 0 saturated carbocycles. The third kappa shape index (κ3) is 3.75. The number of aromatic nitrogens is 1. The van der Waals surface area contributed by atoms with Crippen molar-refractivity contribution in [2.45, 2.75) is 0 Å². The molecule has 0 spiro atoms. The van der Waals surface area contributed by atoms with Crippen molar-refractivity contribution in [3.63, 3.8) is 0 Å². The van der Waals surface area contributed by atoms with Crippen molar-refractivity contribution < 1.29 is 14.7 Å². The Morgan fingerprint density at radius 3 is 2.77 bits per heavy atom. The number of carbonyl (C=O) groups is 1. The van der Waals surface area contributed by atoms with Gasteiger partial charge in [0.2, 0.25) is 0 Å². The maximum atomic E-state index is 11.4. The monoisotopic (exact) mass is 339 g/mol. The molecular formula is C14H14ClN3O3S. The van der Waals surface area contributed by atoms with Gasteiger partial charge in [-0.25, -0.2) is 4.98 Å². The zero-order chi connectivity index (χ0) is 16.1. The van der Waals surface area contributed by atoms with Crippen LogP contribution < -0.4 is 4.90 Å². The average Bonchev–Trinajstić information content (AvgIpc) is 2.92. The molecular weight excluding hydrogens is 326 g/mol. The Labute approximate surface area is 136 Å². The van der Waals surface area contributed by atoms with Crippen molar-refractivity contribution in [2.24, 2.45) is 5.16 Å². The smallest absolute Gasteiger partial charge is 0.325 e. The highest BCUT2D eigenvalue weighted by molar-refractivity contribution is 7.17. The van der Waals surface area contributed by atoms with E-state index in [-0.39, 0.29) is 12.5 Å². The first-order valence-corrected chi connectivity index (χ1v) is 7.46. The van der Waals surface area contributed by atoms with Crippen LogP contribution in [0, 0.1) is 0 Å². The summed E-state index contributed by atoms with van der Waals surface area (Å²) in [4.78, 5) is 18.2. The Morgan fingerprint density at radius 1 is 1.50 bits per heavy atom. The topological polar surface area (TPSA) is 75.0 Å². The van der Waals surface area contributed by atoms with Gasteiger partial charge in [0.25, 0.3) is 0 Å². The molecule has 0 amide bonds. The number of hydrogen-bond acceptors (Lipinski definition) is 7. The number of oxime groups is 1. The fourth-order valence-corrected chi connectivity index (χ4v) is 2.80. The van der Waals surface area contributed by atoms with Crippen LogP contribution in [0.1, 0.15) is 4.88 Å². The number of carbonyl (C=O) groups excluding carboxylic acids is 1. The van der Waals surface area contributed by atoms with Crippen LogP contribution in [0.2, 0.25) is 5.02 Å². The van der Waals surface area contributed by atoms with Crippen molar-refractivity contribution in [1.82, 2.24) is 4.98 Å². The Hall–Kier alpha value is -2.12. The molecule has 1 aromatic carbocycles. The number of ether oxygens (including phenoxy) is 1. The average molecular weight is 340 g/mol. The van der Waals surface area contributed by atoms with E-state index in [0.29, 0.717) is 20.7 Å². The lowest BCUT2D eigenvalue weighted by molar-refractivity contribution is -0.138. The molecule has 2 rings (SSSR count). The largest absolute Gasteiger partial charge is 0.468 e. The number of nitrogens with zero attached hydrogens (tertiary/aromatic N) is 3. The van der Waals surface area contributed by atoms with Crippen LogP contribution in [-0.4, -0.2) is 43.1 Å². The summed E-state index contributed by atoms with van der Waals surface area (Å²) >= 11 is 7.19. The normalized spacial score (nSPS) is 10.9. The molecule has 1 heterocycles. The van der Waals surface area contributed by atoms with E-state index in [1.165, 1.54) is 24.7 Å². The van der Waals surface area contributed by atoms with E-state index in [0.717, 1.165) is 5.56 Å². The Balaban J connectivity index is 2.37. The third-order valence-electron chi connectivity index (χ3n) is 2.86. The molecule has 1 aromatic heterocycles. The van der Waals surface area contributed by atoms with E-state index in [4.69, 9.17) is 16.8 Å². The van der Waals surface area contributed by atoms with E-state index in [1.54, 1.807) is 24.1 Å². The van der Waals surface area contributed by atoms with Gasteiger partial charge >= 0.3 is 5.97 Å². The van der Waals surface area contributed by atoms with Crippen LogP contribution in [0.3, 0.4) is 0 Å². The number of anilines is 1. The second kappa shape index (κ2) is 7.24. The zero-order valence-corrected chi connectivity index (χ0v) is 13.6. The minimum absolute atomic E-state index is 0.0831. The molecule has 0 atom stereocenters. The standard InChI is InChI=1S/C14H14ClN3O3S/c1-18(8-12(19)21-2)14-17-13(11(22-14)7-16-20)9-3-5-10(15)6-4-9/h3-7,20H,8H2,1-2H3. The molecule has 0 aliphatic carbocycles. The summed E-state index contributed by atoms with van der Waals surface area (Å²) in [6, 6.07) is 7.17. The molecule has 0 aliphatic heterocycles. The summed E-state index contributed by atoms with van der Waals surface area (Å²) in [6.45, 7) is 0.0831. The summed E-state index contributed by atoms with van der Waals surface area (Å²) in [6.07, 6.45) is 1.32. The van der Waals surface area contributed by atoms with Crippen molar-refractivity contribution in [2.75, 3.05) is 25.6 Å². The van der Waals surface area contributed by atoms with Crippen LogP contribution in [0.15, 0.2) is 29.4 Å². The first kappa shape index (κ1) is 16.3. The number of hydrogen-bond donors (Lipinski definition) is 1. The lowest BCUT2D eigenvalue weighted by atomic mass is 10.1. The van der Waals surface area contributed by atoms with Gasteiger partial charge in [-0.2, -0.15) is 0 Å². The van der Waals surface area contributed by atoms with Crippen molar-refractivity contribution in [1.29, 1.82) is 0 Å². The van der Waals surface area contributed by atoms with E-state index in [9.17, 15) is 4.79 Å². The number of rotatable bonds is 5. The van der Waals surface area contributed by atoms with E-state index < -0.39 is 0 Å². The van der Waals surface area contributed by atoms with Gasteiger partial charge in [-0.1, -0.05) is 40.2 Å². The lowest BCUT2D eigenvalue weighted by Gasteiger charge is -2.13. The number of esters is 1. The maximum absolute atomic E-state index is 11.4. The molecule has 6 nitrogen and oxygen atoms in total. The van der Waals surface area contributed by atoms with Crippen molar-refractivity contribution >= 4 is 40.3 Å². The molecule has 2 aromatic rings. The van der Waals surface area contributed by atoms with Gasteiger partial charge in [-0.05, 0) is 12.1 Å². The molecule has 0 unspecified atom stereocenters. The highest BCUT2D eigenvalue weighted by Crippen LogP contribution is 2.32. The summed E-state index contributed by atoms with van der Waals surface area (Å²) in [5.41, 5.74) is 1.50. The summed E-state index contributed by atoms with van der Waals surface area (Å²) in [5, 5.41) is 13.1. The van der Waals surface area contributed by atoms with Crippen molar-refractivity contribution in [3.8, 4) is 11.3 Å². The molecule has 0 radical (unpaired) electrons. The maximum Gasteiger partial charge on any atom is 0.325 e. The fraction of sp³-hybridized carbons (Fsp3) is 0.214. The molecule has 0 aliphatic rings. The molecule has 22 heavy (non-hydrogen) atoms. The van der Waals surface area contributed by atoms with E-state index in [2.05, 4.69) is 14.9 Å². The van der Waals surface area contributed by atoms with Crippen LogP contribution in [-0.2, 0) is 9.53 Å². The molecule has 8 heteroatoms. The zero-order valence-electron chi connectivity index (χ0n) is 12.0. The van der Waals surface area contributed by atoms with Crippen LogP contribution in [0.25, 0.3) is 11.3 Å². The third-order valence-corrected chi connectivity index (χ3v) is 4.21. The Kier molecular flexibility index (Phi) is 5.35. The highest BCUT2D eigenvalue weighted by atomic mass is 35.5. The minimum atomic E-state index is -0.358. The SMILES string of the molecule is COC(=O)CN(C)c1nc(-c2ccc(Cl)cc2)c(C=NO)s1. The molecule has 116 valence electrons. The fourth-order valence-electron chi connectivity index (χ4n) is 1.76. The second-order valence-corrected chi connectivity index (χ2v) is 5.84. The van der Waals surface area contributed by atoms with Gasteiger partial charge in [-0.3, -0.25) is 4.79 Å². The van der Waals surface area contributed by atoms with Gasteiger partial charge in [0.1, 0.15) is 6.54 Å². The van der Waals surface area contributed by atoms with Gasteiger partial charge in [0, 0.05) is 17.6 Å². The molecule has 1 N–H and O–H groups in total. The van der Waals surface area contributed by atoms with Gasteiger partial charge in [0.05, 0.1) is 23.9 Å². The highest BCUT2D eigenvalue weighted by Gasteiger charge is 2.16. The van der Waals surface area contributed by atoms with Crippen LogP contribution in [0.4, 0.5) is 5.13 Å². The molecule has 0 fully saturated rings. The minimum Gasteiger partial charge on any atom is -0.468 e.